The number of hydrogen-bond acceptors (Lipinski definition) is 1. The number of allylic oxidation sites excluding steroid dienone is 4. The number of aliphatic hydroxyl groups is 1. The zero-order chi connectivity index (χ0) is 7.66. The van der Waals surface area contributed by atoms with Crippen molar-refractivity contribution in [3.8, 4) is 0 Å². The maximum atomic E-state index is 8.07. The van der Waals surface area contributed by atoms with Gasteiger partial charge < -0.3 is 5.11 Å². The summed E-state index contributed by atoms with van der Waals surface area (Å²) in [6.45, 7) is 2.40. The predicted molar refractivity (Wildman–Crippen MR) is 50.8 cm³/mol. The van der Waals surface area contributed by atoms with E-state index in [2.05, 4.69) is 19.1 Å². The molecule has 3 heteroatoms. The van der Waals surface area contributed by atoms with E-state index in [1.165, 1.54) is 0 Å². The summed E-state index contributed by atoms with van der Waals surface area (Å²) in [5, 5.41) is 8.07. The molecule has 0 aromatic rings. The van der Waals surface area contributed by atoms with Crippen molar-refractivity contribution < 1.29 is 26.8 Å². The normalized spacial score (nSPS) is 10.8. The van der Waals surface area contributed by atoms with E-state index in [1.54, 1.807) is 0 Å². The van der Waals surface area contributed by atoms with Crippen molar-refractivity contribution in [3.05, 3.63) is 24.3 Å². The minimum Gasteiger partial charge on any atom is -0.396 e. The fraction of sp³-hybridized carbons (Fsp3) is 0.556. The van der Waals surface area contributed by atoms with Crippen LogP contribution in [0.4, 0.5) is 0 Å². The standard InChI is InChI=1S/C5H5.C4H10O.ClH.Ti/c1-2-4-5-3-1;1-2-3-4-5;;/h1-3H,4H2;5H,2-4H2,1H3;1H;/q-1;;;. The van der Waals surface area contributed by atoms with Gasteiger partial charge in [0.25, 0.3) is 0 Å². The molecule has 0 aromatic heterocycles. The number of aliphatic hydroxyl groups excluding tert-OH is 1. The van der Waals surface area contributed by atoms with Gasteiger partial charge in [0.15, 0.2) is 0 Å². The molecule has 0 saturated carbocycles. The molecule has 12 heavy (non-hydrogen) atoms. The molecule has 1 nitrogen and oxygen atoms in total. The summed E-state index contributed by atoms with van der Waals surface area (Å²) >= 11 is 0. The van der Waals surface area contributed by atoms with E-state index in [4.69, 9.17) is 5.11 Å². The average Bonchev–Trinajstić information content (AvgIpc) is 2.44. The second-order valence-corrected chi connectivity index (χ2v) is 2.08. The van der Waals surface area contributed by atoms with Crippen LogP contribution >= 0.6 is 12.4 Å². The Morgan fingerprint density at radius 3 is 2.25 bits per heavy atom. The van der Waals surface area contributed by atoms with Crippen LogP contribution in [-0.2, 0) is 21.7 Å². The summed E-state index contributed by atoms with van der Waals surface area (Å²) in [6.07, 6.45) is 12.0. The molecule has 0 saturated heterocycles. The second-order valence-electron chi connectivity index (χ2n) is 2.08. The van der Waals surface area contributed by atoms with Crippen LogP contribution in [0.2, 0.25) is 0 Å². The summed E-state index contributed by atoms with van der Waals surface area (Å²) in [4.78, 5) is 0. The largest absolute Gasteiger partial charge is 0.396 e. The molecule has 0 bridgehead atoms. The van der Waals surface area contributed by atoms with Crippen LogP contribution in [0.15, 0.2) is 18.2 Å². The maximum Gasteiger partial charge on any atom is 0.0430 e. The zero-order valence-electron chi connectivity index (χ0n) is 7.42. The molecule has 0 aromatic carbocycles. The molecule has 1 N–H and O–H groups in total. The summed E-state index contributed by atoms with van der Waals surface area (Å²) in [7, 11) is 0. The van der Waals surface area contributed by atoms with Crippen LogP contribution in [-0.4, -0.2) is 11.7 Å². The first-order valence-corrected chi connectivity index (χ1v) is 3.74. The van der Waals surface area contributed by atoms with Crippen molar-refractivity contribution in [2.24, 2.45) is 0 Å². The molecule has 0 heterocycles. The molecule has 1 aliphatic rings. The molecule has 0 atom stereocenters. The second kappa shape index (κ2) is 17.5. The van der Waals surface area contributed by atoms with Crippen LogP contribution in [0, 0.1) is 6.08 Å². The summed E-state index contributed by atoms with van der Waals surface area (Å²) < 4.78 is 0. The first-order valence-electron chi connectivity index (χ1n) is 3.74. The molecular formula is C9H16ClOTi-. The van der Waals surface area contributed by atoms with Gasteiger partial charge in [-0.15, -0.1) is 18.8 Å². The van der Waals surface area contributed by atoms with E-state index in [1.807, 2.05) is 12.2 Å². The Balaban J connectivity index is -0.000000116. The Labute approximate surface area is 96.2 Å². The quantitative estimate of drug-likeness (QED) is 0.563. The minimum atomic E-state index is 0. The molecular weight excluding hydrogens is 207 g/mol. The Kier molecular flexibility index (Phi) is 26.7. The van der Waals surface area contributed by atoms with Crippen molar-refractivity contribution >= 4 is 12.4 Å². The third-order valence-electron chi connectivity index (χ3n) is 1.10. The van der Waals surface area contributed by atoms with Gasteiger partial charge in [-0.2, -0.15) is 6.08 Å². The van der Waals surface area contributed by atoms with Gasteiger partial charge in [0, 0.05) is 28.3 Å². The van der Waals surface area contributed by atoms with Crippen LogP contribution in [0.3, 0.4) is 0 Å². The van der Waals surface area contributed by atoms with Gasteiger partial charge in [-0.05, 0) is 6.42 Å². The fourth-order valence-corrected chi connectivity index (χ4v) is 0.498. The smallest absolute Gasteiger partial charge is 0.0430 e. The molecule has 0 unspecified atom stereocenters. The third-order valence-corrected chi connectivity index (χ3v) is 1.10. The predicted octanol–water partition coefficient (Wildman–Crippen LogP) is 2.50. The molecule has 0 amide bonds. The van der Waals surface area contributed by atoms with Crippen molar-refractivity contribution in [3.63, 3.8) is 0 Å². The van der Waals surface area contributed by atoms with E-state index in [0.717, 1.165) is 19.3 Å². The number of unbranched alkanes of at least 4 members (excludes halogenated alkanes) is 1. The number of hydrogen-bond donors (Lipinski definition) is 1. The van der Waals surface area contributed by atoms with E-state index in [-0.39, 0.29) is 34.1 Å². The topological polar surface area (TPSA) is 20.2 Å². The average molecular weight is 224 g/mol. The SMILES string of the molecule is CCCCO.Cl.[C-]1=CC=CC1.[Ti]. The third kappa shape index (κ3) is 16.8. The Bertz CT molecular complexity index is 101. The molecule has 0 spiro atoms. The Morgan fingerprint density at radius 2 is 2.17 bits per heavy atom. The van der Waals surface area contributed by atoms with E-state index in [9.17, 15) is 0 Å². The molecule has 70 valence electrons. The van der Waals surface area contributed by atoms with Gasteiger partial charge >= 0.3 is 0 Å². The van der Waals surface area contributed by atoms with Crippen molar-refractivity contribution in [2.45, 2.75) is 26.2 Å². The van der Waals surface area contributed by atoms with Crippen LogP contribution in [0.25, 0.3) is 0 Å². The van der Waals surface area contributed by atoms with Crippen LogP contribution in [0.1, 0.15) is 26.2 Å². The van der Waals surface area contributed by atoms with Gasteiger partial charge in [0.2, 0.25) is 0 Å². The molecule has 0 fully saturated rings. The molecule has 1 aliphatic carbocycles. The number of halogens is 1. The summed E-state index contributed by atoms with van der Waals surface area (Å²) in [5.41, 5.74) is 0. The van der Waals surface area contributed by atoms with E-state index < -0.39 is 0 Å². The summed E-state index contributed by atoms with van der Waals surface area (Å²) in [6, 6.07) is 0. The Hall–Kier alpha value is 0.444. The zero-order valence-corrected chi connectivity index (χ0v) is 9.79. The maximum absolute atomic E-state index is 8.07. The Morgan fingerprint density at radius 1 is 1.50 bits per heavy atom. The fourth-order valence-electron chi connectivity index (χ4n) is 0.498. The monoisotopic (exact) mass is 223 g/mol. The number of rotatable bonds is 2. The minimum absolute atomic E-state index is 0. The van der Waals surface area contributed by atoms with Gasteiger partial charge in [0.05, 0.1) is 0 Å². The van der Waals surface area contributed by atoms with Gasteiger partial charge in [-0.1, -0.05) is 13.3 Å². The summed E-state index contributed by atoms with van der Waals surface area (Å²) in [5.74, 6) is 0. The first kappa shape index (κ1) is 18.3. The van der Waals surface area contributed by atoms with Crippen molar-refractivity contribution in [2.75, 3.05) is 6.61 Å². The van der Waals surface area contributed by atoms with E-state index in [0.29, 0.717) is 6.61 Å². The van der Waals surface area contributed by atoms with Crippen LogP contribution < -0.4 is 0 Å². The molecule has 0 radical (unpaired) electrons. The van der Waals surface area contributed by atoms with Gasteiger partial charge in [0.1, 0.15) is 0 Å². The van der Waals surface area contributed by atoms with Crippen LogP contribution in [0.5, 0.6) is 0 Å². The molecule has 0 aliphatic heterocycles. The van der Waals surface area contributed by atoms with Gasteiger partial charge in [-0.25, -0.2) is 12.2 Å². The van der Waals surface area contributed by atoms with Crippen molar-refractivity contribution in [1.29, 1.82) is 0 Å². The molecule has 1 rings (SSSR count). The van der Waals surface area contributed by atoms with E-state index >= 15 is 0 Å². The van der Waals surface area contributed by atoms with Gasteiger partial charge in [-0.3, -0.25) is 6.08 Å². The van der Waals surface area contributed by atoms with Crippen molar-refractivity contribution in [1.82, 2.24) is 0 Å². The first-order chi connectivity index (χ1) is 4.91.